The first kappa shape index (κ1) is 17.1. The number of amides is 1. The number of aromatic nitrogens is 1. The van der Waals surface area contributed by atoms with Gasteiger partial charge in [0.1, 0.15) is 5.82 Å². The van der Waals surface area contributed by atoms with Gasteiger partial charge in [0.2, 0.25) is 0 Å². The number of nitrogens with zero attached hydrogens (tertiary/aromatic N) is 1. The molecule has 2 rings (SSSR count). The van der Waals surface area contributed by atoms with Crippen molar-refractivity contribution in [1.29, 1.82) is 0 Å². The molecule has 0 aliphatic carbocycles. The molecule has 0 atom stereocenters. The lowest BCUT2D eigenvalue weighted by Crippen LogP contribution is -2.28. The number of rotatable bonds is 6. The topological polar surface area (TPSA) is 68.3 Å². The molecule has 1 aromatic carbocycles. The van der Waals surface area contributed by atoms with E-state index in [9.17, 15) is 14.0 Å². The molecule has 0 aliphatic rings. The van der Waals surface area contributed by atoms with E-state index in [4.69, 9.17) is 4.74 Å². The fraction of sp³-hybridized carbons (Fsp3) is 0.312. The summed E-state index contributed by atoms with van der Waals surface area (Å²) in [6.45, 7) is 3.33. The molecule has 0 radical (unpaired) electrons. The summed E-state index contributed by atoms with van der Waals surface area (Å²) in [6.07, 6.45) is 0.0425. The van der Waals surface area contributed by atoms with Crippen LogP contribution in [0.25, 0.3) is 0 Å². The van der Waals surface area contributed by atoms with E-state index in [0.29, 0.717) is 16.8 Å². The first-order valence-corrected chi connectivity index (χ1v) is 7.90. The van der Waals surface area contributed by atoms with Crippen molar-refractivity contribution >= 4 is 23.2 Å². The van der Waals surface area contributed by atoms with Crippen LogP contribution in [0.4, 0.5) is 4.39 Å². The van der Waals surface area contributed by atoms with Crippen molar-refractivity contribution in [1.82, 2.24) is 10.3 Å². The number of nitrogens with one attached hydrogen (secondary N) is 1. The number of hydrogen-bond acceptors (Lipinski definition) is 5. The number of halogens is 1. The number of carbonyl (C=O) groups is 2. The van der Waals surface area contributed by atoms with E-state index in [-0.39, 0.29) is 25.4 Å². The lowest BCUT2D eigenvalue weighted by molar-refractivity contribution is -0.147. The first-order chi connectivity index (χ1) is 10.9. The van der Waals surface area contributed by atoms with E-state index in [1.54, 1.807) is 24.4 Å². The number of esters is 1. The minimum atomic E-state index is -0.508. The molecule has 2 aromatic rings. The van der Waals surface area contributed by atoms with Crippen LogP contribution in [0, 0.1) is 19.7 Å². The van der Waals surface area contributed by atoms with Crippen molar-refractivity contribution in [2.75, 3.05) is 6.61 Å². The zero-order valence-electron chi connectivity index (χ0n) is 12.9. The van der Waals surface area contributed by atoms with E-state index in [1.807, 2.05) is 6.92 Å². The molecule has 0 spiro atoms. The molecule has 0 fully saturated rings. The van der Waals surface area contributed by atoms with Gasteiger partial charge in [-0.15, -0.1) is 11.3 Å². The van der Waals surface area contributed by atoms with E-state index < -0.39 is 11.9 Å². The van der Waals surface area contributed by atoms with Crippen LogP contribution >= 0.6 is 11.3 Å². The Morgan fingerprint density at radius 1 is 1.35 bits per heavy atom. The third-order valence-electron chi connectivity index (χ3n) is 3.08. The van der Waals surface area contributed by atoms with Crippen molar-refractivity contribution in [3.05, 3.63) is 51.2 Å². The number of hydrogen-bond donors (Lipinski definition) is 1. The maximum Gasteiger partial charge on any atom is 0.312 e. The Kier molecular flexibility index (Phi) is 5.81. The van der Waals surface area contributed by atoms with Crippen LogP contribution in [-0.4, -0.2) is 23.5 Å². The molecule has 23 heavy (non-hydrogen) atoms. The first-order valence-electron chi connectivity index (χ1n) is 7.02. The highest BCUT2D eigenvalue weighted by molar-refractivity contribution is 7.09. The molecule has 1 N–H and O–H groups in total. The zero-order chi connectivity index (χ0) is 16.8. The summed E-state index contributed by atoms with van der Waals surface area (Å²) < 4.78 is 18.3. The molecule has 0 aliphatic heterocycles. The molecule has 0 unspecified atom stereocenters. The van der Waals surface area contributed by atoms with Gasteiger partial charge in [0.15, 0.2) is 6.61 Å². The lowest BCUT2D eigenvalue weighted by Gasteiger charge is -2.07. The van der Waals surface area contributed by atoms with Gasteiger partial charge in [-0.1, -0.05) is 12.1 Å². The van der Waals surface area contributed by atoms with Crippen molar-refractivity contribution in [3.8, 4) is 0 Å². The van der Waals surface area contributed by atoms with Crippen LogP contribution in [0.3, 0.4) is 0 Å². The van der Waals surface area contributed by atoms with E-state index in [0.717, 1.165) is 5.01 Å². The van der Waals surface area contributed by atoms with Crippen molar-refractivity contribution in [3.63, 3.8) is 0 Å². The average Bonchev–Trinajstić information content (AvgIpc) is 2.91. The van der Waals surface area contributed by atoms with Crippen LogP contribution in [0.2, 0.25) is 0 Å². The Morgan fingerprint density at radius 2 is 2.13 bits per heavy atom. The second kappa shape index (κ2) is 7.82. The maximum atomic E-state index is 13.4. The molecule has 122 valence electrons. The summed E-state index contributed by atoms with van der Waals surface area (Å²) in [6, 6.07) is 4.74. The van der Waals surface area contributed by atoms with E-state index in [1.165, 1.54) is 17.4 Å². The average molecular weight is 336 g/mol. The Balaban J connectivity index is 1.72. The van der Waals surface area contributed by atoms with E-state index in [2.05, 4.69) is 10.3 Å². The molecule has 5 nitrogen and oxygen atoms in total. The van der Waals surface area contributed by atoms with Crippen molar-refractivity contribution in [2.45, 2.75) is 26.8 Å². The normalized spacial score (nSPS) is 10.4. The summed E-state index contributed by atoms with van der Waals surface area (Å²) in [7, 11) is 0. The number of aryl methyl sites for hydroxylation is 2. The number of ether oxygens (including phenoxy) is 1. The van der Waals surface area contributed by atoms with Crippen LogP contribution in [0.5, 0.6) is 0 Å². The number of benzene rings is 1. The van der Waals surface area contributed by atoms with Gasteiger partial charge in [0.25, 0.3) is 5.91 Å². The smallest absolute Gasteiger partial charge is 0.312 e. The minimum absolute atomic E-state index is 0.0425. The van der Waals surface area contributed by atoms with Crippen LogP contribution < -0.4 is 5.32 Å². The molecule has 1 aromatic heterocycles. The van der Waals surface area contributed by atoms with Crippen molar-refractivity contribution in [2.24, 2.45) is 0 Å². The molecular formula is C16H17FN2O3S. The lowest BCUT2D eigenvalue weighted by atomic mass is 10.1. The van der Waals surface area contributed by atoms with Crippen LogP contribution in [0.15, 0.2) is 23.6 Å². The third kappa shape index (κ3) is 5.45. The Hall–Kier alpha value is -2.28. The number of carbonyl (C=O) groups excluding carboxylic acids is 2. The minimum Gasteiger partial charge on any atom is -0.455 e. The summed E-state index contributed by atoms with van der Waals surface area (Å²) in [5.41, 5.74) is 1.82. The quantitative estimate of drug-likeness (QED) is 0.822. The largest absolute Gasteiger partial charge is 0.455 e. The molecule has 1 heterocycles. The summed E-state index contributed by atoms with van der Waals surface area (Å²) >= 11 is 1.45. The van der Waals surface area contributed by atoms with Gasteiger partial charge < -0.3 is 10.1 Å². The maximum absolute atomic E-state index is 13.4. The molecule has 0 saturated carbocycles. The molecule has 1 amide bonds. The van der Waals surface area contributed by atoms with Gasteiger partial charge in [0, 0.05) is 11.9 Å². The van der Waals surface area contributed by atoms with Gasteiger partial charge in [-0.25, -0.2) is 9.37 Å². The molecule has 7 heteroatoms. The summed E-state index contributed by atoms with van der Waals surface area (Å²) in [5, 5.41) is 5.22. The molecular weight excluding hydrogens is 319 g/mol. The highest BCUT2D eigenvalue weighted by atomic mass is 32.1. The van der Waals surface area contributed by atoms with Gasteiger partial charge in [-0.3, -0.25) is 9.59 Å². The predicted molar refractivity (Wildman–Crippen MR) is 84.5 cm³/mol. The summed E-state index contributed by atoms with van der Waals surface area (Å²) in [4.78, 5) is 27.4. The second-order valence-electron chi connectivity index (χ2n) is 5.06. The second-order valence-corrected chi connectivity index (χ2v) is 6.12. The van der Waals surface area contributed by atoms with Gasteiger partial charge in [0.05, 0.1) is 17.1 Å². The van der Waals surface area contributed by atoms with Gasteiger partial charge >= 0.3 is 5.97 Å². The Labute approximate surface area is 137 Å². The van der Waals surface area contributed by atoms with E-state index >= 15 is 0 Å². The predicted octanol–water partition coefficient (Wildman–Crippen LogP) is 2.30. The zero-order valence-corrected chi connectivity index (χ0v) is 13.7. The fourth-order valence-electron chi connectivity index (χ4n) is 1.83. The van der Waals surface area contributed by atoms with Crippen LogP contribution in [-0.2, 0) is 27.3 Å². The van der Waals surface area contributed by atoms with Crippen molar-refractivity contribution < 1.29 is 18.7 Å². The van der Waals surface area contributed by atoms with Crippen LogP contribution in [0.1, 0.15) is 21.8 Å². The monoisotopic (exact) mass is 336 g/mol. The summed E-state index contributed by atoms with van der Waals surface area (Å²) in [5.74, 6) is -1.26. The molecule has 0 saturated heterocycles. The standard InChI is InChI=1S/C16H17FN2O3S/c1-10-3-4-12(5-14(10)17)7-18-15(20)8-22-16(21)6-13-9-23-11(2)19-13/h3-5,9H,6-8H2,1-2H3,(H,18,20). The highest BCUT2D eigenvalue weighted by Crippen LogP contribution is 2.09. The highest BCUT2D eigenvalue weighted by Gasteiger charge is 2.10. The molecule has 0 bridgehead atoms. The number of thiazole rings is 1. The Bertz CT molecular complexity index is 715. The van der Waals surface area contributed by atoms with Gasteiger partial charge in [-0.2, -0.15) is 0 Å². The van der Waals surface area contributed by atoms with Gasteiger partial charge in [-0.05, 0) is 31.0 Å². The Morgan fingerprint density at radius 3 is 2.78 bits per heavy atom. The SMILES string of the molecule is Cc1nc(CC(=O)OCC(=O)NCc2ccc(C)c(F)c2)cs1. The fourth-order valence-corrected chi connectivity index (χ4v) is 2.44. The third-order valence-corrected chi connectivity index (χ3v) is 3.90.